The number of ether oxygens (including phenoxy) is 2. The lowest BCUT2D eigenvalue weighted by Gasteiger charge is -2.43. The molecule has 0 saturated heterocycles. The molecule has 1 aliphatic rings. The highest BCUT2D eigenvalue weighted by Crippen LogP contribution is 2.34. The first-order valence-electron chi connectivity index (χ1n) is 13.8. The van der Waals surface area contributed by atoms with Crippen LogP contribution >= 0.6 is 0 Å². The van der Waals surface area contributed by atoms with Crippen LogP contribution in [-0.2, 0) is 28.7 Å². The molecule has 0 spiro atoms. The summed E-state index contributed by atoms with van der Waals surface area (Å²) in [6.45, 7) is 10.9. The number of carbonyl (C=O) groups is 5. The van der Waals surface area contributed by atoms with Crippen molar-refractivity contribution in [2.75, 3.05) is 13.2 Å². The van der Waals surface area contributed by atoms with Crippen molar-refractivity contribution in [1.29, 1.82) is 0 Å². The summed E-state index contributed by atoms with van der Waals surface area (Å²) in [6.07, 6.45) is 1.20. The van der Waals surface area contributed by atoms with Gasteiger partial charge in [0.1, 0.15) is 17.7 Å². The summed E-state index contributed by atoms with van der Waals surface area (Å²) in [4.78, 5) is 65.5. The number of amides is 4. The van der Waals surface area contributed by atoms with Crippen LogP contribution in [0.1, 0.15) is 89.0 Å². The maximum Gasteiger partial charge on any atom is 0.408 e. The Kier molecular flexibility index (Phi) is 11.9. The molecule has 0 aromatic heterocycles. The van der Waals surface area contributed by atoms with E-state index in [0.29, 0.717) is 18.4 Å². The van der Waals surface area contributed by atoms with Crippen molar-refractivity contribution < 1.29 is 33.4 Å². The van der Waals surface area contributed by atoms with E-state index < -0.39 is 47.5 Å². The molecule has 11 heteroatoms. The maximum atomic E-state index is 14.2. The van der Waals surface area contributed by atoms with Crippen LogP contribution in [0, 0.1) is 13.8 Å². The van der Waals surface area contributed by atoms with Gasteiger partial charge in [-0.3, -0.25) is 19.2 Å². The second-order valence-corrected chi connectivity index (χ2v) is 11.1. The van der Waals surface area contributed by atoms with Gasteiger partial charge in [0.25, 0.3) is 0 Å². The van der Waals surface area contributed by atoms with Crippen LogP contribution in [-0.4, -0.2) is 65.5 Å². The molecule has 0 bridgehead atoms. The van der Waals surface area contributed by atoms with Gasteiger partial charge in [0.2, 0.25) is 17.7 Å². The highest BCUT2D eigenvalue weighted by Gasteiger charge is 2.42. The number of primary amides is 1. The minimum absolute atomic E-state index is 0.0158. The molecular formula is C29H44N4O7. The van der Waals surface area contributed by atoms with E-state index in [9.17, 15) is 24.0 Å². The summed E-state index contributed by atoms with van der Waals surface area (Å²) in [6, 6.07) is 3.11. The Morgan fingerprint density at radius 1 is 1.07 bits per heavy atom. The average Bonchev–Trinajstić information content (AvgIpc) is 2.80. The SMILES string of the molecule is CCOC(=O)CCNC(=O)C(c1ccc(C)c(C)c1)N(C(=O)C(CCC(N)=O)NC(=O)OC(C)(C)C)C1CCC1. The number of rotatable bonds is 13. The number of alkyl carbamates (subject to hydrolysis) is 1. The number of nitrogens with two attached hydrogens (primary N) is 1. The third-order valence-corrected chi connectivity index (χ3v) is 6.70. The van der Waals surface area contributed by atoms with Crippen LogP contribution in [0.5, 0.6) is 0 Å². The lowest BCUT2D eigenvalue weighted by molar-refractivity contribution is -0.148. The largest absolute Gasteiger partial charge is 0.466 e. The number of hydrogen-bond donors (Lipinski definition) is 3. The summed E-state index contributed by atoms with van der Waals surface area (Å²) in [7, 11) is 0. The summed E-state index contributed by atoms with van der Waals surface area (Å²) < 4.78 is 10.3. The number of nitrogens with zero attached hydrogens (tertiary/aromatic N) is 1. The molecule has 1 aliphatic carbocycles. The smallest absolute Gasteiger partial charge is 0.408 e. The molecule has 4 amide bonds. The van der Waals surface area contributed by atoms with Gasteiger partial charge in [-0.15, -0.1) is 0 Å². The Labute approximate surface area is 236 Å². The van der Waals surface area contributed by atoms with Crippen LogP contribution < -0.4 is 16.4 Å². The fraction of sp³-hybridized carbons (Fsp3) is 0.621. The fourth-order valence-electron chi connectivity index (χ4n) is 4.35. The number of carbonyl (C=O) groups excluding carboxylic acids is 5. The van der Waals surface area contributed by atoms with Crippen molar-refractivity contribution in [2.45, 2.75) is 104 Å². The molecule has 1 fully saturated rings. The third kappa shape index (κ3) is 9.84. The Balaban J connectivity index is 2.46. The zero-order valence-corrected chi connectivity index (χ0v) is 24.5. The normalized spacial score (nSPS) is 14.8. The minimum Gasteiger partial charge on any atom is -0.466 e. The summed E-state index contributed by atoms with van der Waals surface area (Å²) in [5.74, 6) is -2.04. The first kappa shape index (κ1) is 32.6. The highest BCUT2D eigenvalue weighted by atomic mass is 16.6. The van der Waals surface area contributed by atoms with Crippen LogP contribution in [0.2, 0.25) is 0 Å². The molecule has 1 aromatic carbocycles. The molecule has 1 aromatic rings. The molecule has 2 rings (SSSR count). The molecular weight excluding hydrogens is 516 g/mol. The van der Waals surface area contributed by atoms with Crippen molar-refractivity contribution in [1.82, 2.24) is 15.5 Å². The topological polar surface area (TPSA) is 157 Å². The van der Waals surface area contributed by atoms with Gasteiger partial charge in [-0.05, 0) is 83.9 Å². The van der Waals surface area contributed by atoms with Gasteiger partial charge in [0, 0.05) is 19.0 Å². The van der Waals surface area contributed by atoms with Gasteiger partial charge in [-0.2, -0.15) is 0 Å². The zero-order chi connectivity index (χ0) is 30.0. The highest BCUT2D eigenvalue weighted by molar-refractivity contribution is 5.93. The first-order chi connectivity index (χ1) is 18.7. The zero-order valence-electron chi connectivity index (χ0n) is 24.5. The molecule has 0 aliphatic heterocycles. The van der Waals surface area contributed by atoms with Gasteiger partial charge in [-0.25, -0.2) is 4.79 Å². The van der Waals surface area contributed by atoms with E-state index in [-0.39, 0.29) is 38.5 Å². The van der Waals surface area contributed by atoms with E-state index in [0.717, 1.165) is 17.5 Å². The van der Waals surface area contributed by atoms with Crippen molar-refractivity contribution in [3.63, 3.8) is 0 Å². The molecule has 11 nitrogen and oxygen atoms in total. The van der Waals surface area contributed by atoms with Crippen molar-refractivity contribution in [3.05, 3.63) is 34.9 Å². The average molecular weight is 561 g/mol. The van der Waals surface area contributed by atoms with Gasteiger partial charge < -0.3 is 30.7 Å². The molecule has 0 radical (unpaired) electrons. The van der Waals surface area contributed by atoms with E-state index in [1.807, 2.05) is 26.0 Å². The van der Waals surface area contributed by atoms with E-state index >= 15 is 0 Å². The van der Waals surface area contributed by atoms with Crippen molar-refractivity contribution in [3.8, 4) is 0 Å². The fourth-order valence-corrected chi connectivity index (χ4v) is 4.35. The van der Waals surface area contributed by atoms with Crippen molar-refractivity contribution >= 4 is 29.8 Å². The number of aryl methyl sites for hydroxylation is 2. The minimum atomic E-state index is -1.15. The first-order valence-corrected chi connectivity index (χ1v) is 13.8. The third-order valence-electron chi connectivity index (χ3n) is 6.70. The predicted octanol–water partition coefficient (Wildman–Crippen LogP) is 2.95. The van der Waals surface area contributed by atoms with Crippen molar-refractivity contribution in [2.24, 2.45) is 5.73 Å². The standard InChI is InChI=1S/C29H44N4O7/c1-7-39-24(35)15-16-31-26(36)25(20-12-11-18(2)19(3)17-20)33(21-9-8-10-21)27(37)22(13-14-23(30)34)32-28(38)40-29(4,5)6/h11-12,17,21-22,25H,7-10,13-16H2,1-6H3,(H2,30,34)(H,31,36)(H,32,38). The van der Waals surface area contributed by atoms with E-state index in [1.54, 1.807) is 33.8 Å². The van der Waals surface area contributed by atoms with Crippen LogP contribution in [0.25, 0.3) is 0 Å². The quantitative estimate of drug-likeness (QED) is 0.313. The number of esters is 1. The second kappa shape index (κ2) is 14.7. The molecule has 4 N–H and O–H groups in total. The van der Waals surface area contributed by atoms with Crippen LogP contribution in [0.3, 0.4) is 0 Å². The van der Waals surface area contributed by atoms with E-state index in [4.69, 9.17) is 15.2 Å². The number of hydrogen-bond acceptors (Lipinski definition) is 7. The summed E-state index contributed by atoms with van der Waals surface area (Å²) >= 11 is 0. The Bertz CT molecular complexity index is 1080. The van der Waals surface area contributed by atoms with Gasteiger partial charge >= 0.3 is 12.1 Å². The van der Waals surface area contributed by atoms with Gasteiger partial charge in [-0.1, -0.05) is 18.2 Å². The molecule has 1 saturated carbocycles. The second-order valence-electron chi connectivity index (χ2n) is 11.1. The Hall–Kier alpha value is -3.63. The molecule has 40 heavy (non-hydrogen) atoms. The molecule has 0 heterocycles. The molecule has 2 unspecified atom stereocenters. The van der Waals surface area contributed by atoms with Gasteiger partial charge in [0.15, 0.2) is 0 Å². The predicted molar refractivity (Wildman–Crippen MR) is 149 cm³/mol. The van der Waals surface area contributed by atoms with Crippen LogP contribution in [0.15, 0.2) is 18.2 Å². The number of nitrogens with one attached hydrogen (secondary N) is 2. The lowest BCUT2D eigenvalue weighted by atomic mass is 9.87. The summed E-state index contributed by atoms with van der Waals surface area (Å²) in [5, 5.41) is 5.38. The Morgan fingerprint density at radius 2 is 1.75 bits per heavy atom. The lowest BCUT2D eigenvalue weighted by Crippen LogP contribution is -2.57. The monoisotopic (exact) mass is 560 g/mol. The van der Waals surface area contributed by atoms with Gasteiger partial charge in [0.05, 0.1) is 13.0 Å². The number of benzene rings is 1. The Morgan fingerprint density at radius 3 is 2.27 bits per heavy atom. The maximum absolute atomic E-state index is 14.2. The molecule has 2 atom stereocenters. The summed E-state index contributed by atoms with van der Waals surface area (Å²) in [5.41, 5.74) is 7.13. The van der Waals surface area contributed by atoms with E-state index in [1.165, 1.54) is 4.90 Å². The molecule has 222 valence electrons. The van der Waals surface area contributed by atoms with E-state index in [2.05, 4.69) is 10.6 Å². The van der Waals surface area contributed by atoms with Crippen LogP contribution in [0.4, 0.5) is 4.79 Å².